The number of benzene rings is 2. The van der Waals surface area contributed by atoms with Crippen LogP contribution >= 0.6 is 0 Å². The van der Waals surface area contributed by atoms with Gasteiger partial charge in [-0.15, -0.1) is 0 Å². The van der Waals surface area contributed by atoms with E-state index < -0.39 is 58.3 Å². The lowest BCUT2D eigenvalue weighted by molar-refractivity contribution is -0.142. The molecule has 0 aliphatic heterocycles. The fourth-order valence-electron chi connectivity index (χ4n) is 5.12. The summed E-state index contributed by atoms with van der Waals surface area (Å²) in [5.74, 6) is 0. The third-order valence-corrected chi connectivity index (χ3v) is 7.36. The van der Waals surface area contributed by atoms with Crippen molar-refractivity contribution in [3.8, 4) is 0 Å². The summed E-state index contributed by atoms with van der Waals surface area (Å²) in [5, 5.41) is 5.42. The predicted molar refractivity (Wildman–Crippen MR) is 153 cm³/mol. The summed E-state index contributed by atoms with van der Waals surface area (Å²) in [6, 6.07) is 7.45. The molecule has 0 aliphatic rings. The lowest BCUT2D eigenvalue weighted by Gasteiger charge is -2.16. The van der Waals surface area contributed by atoms with Crippen LogP contribution in [0.4, 0.5) is 64.1 Å². The number of alkyl halides is 12. The van der Waals surface area contributed by atoms with E-state index in [1.54, 1.807) is 0 Å². The van der Waals surface area contributed by atoms with Crippen LogP contribution in [0, 0.1) is 0 Å². The quantitative estimate of drug-likeness (QED) is 0.115. The summed E-state index contributed by atoms with van der Waals surface area (Å²) >= 11 is 0. The Labute approximate surface area is 260 Å². The number of para-hydroxylation sites is 2. The number of nitrogens with one attached hydrogen (secondary N) is 2. The predicted octanol–water partition coefficient (Wildman–Crippen LogP) is 11.1. The maximum absolute atomic E-state index is 13.4. The van der Waals surface area contributed by atoms with Gasteiger partial charge < -0.3 is 10.6 Å². The zero-order chi connectivity index (χ0) is 34.6. The molecule has 0 amide bonds. The smallest absolute Gasteiger partial charge is 0.384 e. The van der Waals surface area contributed by atoms with Gasteiger partial charge in [-0.25, -0.2) is 9.97 Å². The van der Waals surface area contributed by atoms with Gasteiger partial charge in [-0.2, -0.15) is 52.7 Å². The van der Waals surface area contributed by atoms with Gasteiger partial charge in [0, 0.05) is 35.2 Å². The molecule has 0 fully saturated rings. The average molecular weight is 685 g/mol. The molecule has 4 nitrogen and oxygen atoms in total. The van der Waals surface area contributed by atoms with Gasteiger partial charge in [0.2, 0.25) is 0 Å². The number of aromatic nitrogens is 2. The van der Waals surface area contributed by atoms with Gasteiger partial charge in [0.25, 0.3) is 0 Å². The Balaban J connectivity index is 1.25. The van der Waals surface area contributed by atoms with Crippen molar-refractivity contribution in [3.63, 3.8) is 0 Å². The summed E-state index contributed by atoms with van der Waals surface area (Å²) in [7, 11) is 0. The van der Waals surface area contributed by atoms with E-state index in [9.17, 15) is 52.7 Å². The zero-order valence-electron chi connectivity index (χ0n) is 24.4. The molecule has 47 heavy (non-hydrogen) atoms. The second kappa shape index (κ2) is 14.0. The number of hydrogen-bond donors (Lipinski definition) is 2. The number of rotatable bonds is 12. The molecule has 2 aromatic heterocycles. The maximum atomic E-state index is 13.4. The SMILES string of the molecule is FC(F)(F)c1cc(NCCCCCCCCCNc2cc(C(F)(F)F)nc3c(C(F)(F)F)cccc23)c2cccc(C(F)(F)F)c2n1. The van der Waals surface area contributed by atoms with Crippen LogP contribution in [-0.4, -0.2) is 23.1 Å². The second-order valence-corrected chi connectivity index (χ2v) is 10.8. The van der Waals surface area contributed by atoms with Crippen LogP contribution in [0.3, 0.4) is 0 Å². The van der Waals surface area contributed by atoms with E-state index in [1.165, 1.54) is 12.1 Å². The summed E-state index contributed by atoms with van der Waals surface area (Å²) in [4.78, 5) is 6.50. The molecule has 0 saturated heterocycles. The van der Waals surface area contributed by atoms with Crippen molar-refractivity contribution in [2.24, 2.45) is 0 Å². The minimum Gasteiger partial charge on any atom is -0.384 e. The van der Waals surface area contributed by atoms with Crippen molar-refractivity contribution < 1.29 is 52.7 Å². The van der Waals surface area contributed by atoms with Crippen LogP contribution in [0.15, 0.2) is 48.5 Å². The summed E-state index contributed by atoms with van der Waals surface area (Å²) in [6.07, 6.45) is -15.1. The zero-order valence-corrected chi connectivity index (χ0v) is 24.4. The van der Waals surface area contributed by atoms with Crippen molar-refractivity contribution in [2.75, 3.05) is 23.7 Å². The summed E-state index contributed by atoms with van der Waals surface area (Å²) in [6.45, 7) is 0.402. The molecule has 0 spiro atoms. The minimum atomic E-state index is -4.95. The number of halogens is 12. The summed E-state index contributed by atoms with van der Waals surface area (Å²) in [5.41, 5.74) is -7.23. The molecule has 2 N–H and O–H groups in total. The van der Waals surface area contributed by atoms with E-state index in [0.717, 1.165) is 31.4 Å². The number of unbranched alkanes of at least 4 members (excludes halogenated alkanes) is 6. The first-order valence-electron chi connectivity index (χ1n) is 14.5. The van der Waals surface area contributed by atoms with Crippen molar-refractivity contribution in [1.29, 1.82) is 0 Å². The molecule has 0 aliphatic carbocycles. The van der Waals surface area contributed by atoms with E-state index in [1.807, 2.05) is 0 Å². The Kier molecular flexibility index (Phi) is 10.7. The number of hydrogen-bond acceptors (Lipinski definition) is 4. The molecule has 256 valence electrons. The molecule has 2 heterocycles. The molecule has 0 bridgehead atoms. The number of fused-ring (bicyclic) bond motifs is 2. The Bertz CT molecular complexity index is 1550. The van der Waals surface area contributed by atoms with Crippen LogP contribution in [0.25, 0.3) is 21.8 Å². The second-order valence-electron chi connectivity index (χ2n) is 10.8. The van der Waals surface area contributed by atoms with Crippen LogP contribution in [0.1, 0.15) is 67.5 Å². The van der Waals surface area contributed by atoms with Crippen molar-refractivity contribution in [1.82, 2.24) is 9.97 Å². The largest absolute Gasteiger partial charge is 0.433 e. The first-order valence-corrected chi connectivity index (χ1v) is 14.5. The first kappa shape index (κ1) is 35.9. The van der Waals surface area contributed by atoms with Gasteiger partial charge in [0.05, 0.1) is 22.2 Å². The van der Waals surface area contributed by atoms with Crippen LogP contribution in [0.5, 0.6) is 0 Å². The topological polar surface area (TPSA) is 49.8 Å². The highest BCUT2D eigenvalue weighted by Gasteiger charge is 2.38. The Morgan fingerprint density at radius 1 is 0.447 bits per heavy atom. The highest BCUT2D eigenvalue weighted by Crippen LogP contribution is 2.40. The van der Waals surface area contributed by atoms with E-state index in [-0.39, 0.29) is 35.2 Å². The third-order valence-electron chi connectivity index (χ3n) is 7.36. The van der Waals surface area contributed by atoms with Crippen LogP contribution in [0.2, 0.25) is 0 Å². The molecule has 4 aromatic rings. The van der Waals surface area contributed by atoms with Crippen LogP contribution in [-0.2, 0) is 24.7 Å². The molecule has 16 heteroatoms. The minimum absolute atomic E-state index is 0.0865. The lowest BCUT2D eigenvalue weighted by Crippen LogP contribution is -2.13. The van der Waals surface area contributed by atoms with Gasteiger partial charge >= 0.3 is 24.7 Å². The van der Waals surface area contributed by atoms with Gasteiger partial charge in [-0.1, -0.05) is 56.4 Å². The Morgan fingerprint density at radius 3 is 1.11 bits per heavy atom. The average Bonchev–Trinajstić information content (AvgIpc) is 2.96. The molecule has 0 atom stereocenters. The third kappa shape index (κ3) is 9.10. The standard InChI is InChI=1S/C31H28F12N4/c32-28(33,34)20-12-8-10-18-22(16-24(30(38,39)40)46-26(18)20)44-14-6-4-2-1-3-5-7-15-45-23-17-25(31(41,42)43)47-27-19(23)11-9-13-21(27)29(35,36)37/h8-13,16-17H,1-7,14-15H2,(H,44,46)(H,45,47). The fraction of sp³-hybridized carbons (Fsp3) is 0.419. The van der Waals surface area contributed by atoms with Gasteiger partial charge in [0.1, 0.15) is 11.4 Å². The van der Waals surface area contributed by atoms with Crippen LogP contribution < -0.4 is 10.6 Å². The first-order chi connectivity index (χ1) is 21.9. The van der Waals surface area contributed by atoms with Gasteiger partial charge in [0.15, 0.2) is 0 Å². The van der Waals surface area contributed by atoms with Crippen molar-refractivity contribution in [3.05, 3.63) is 71.0 Å². The Hall–Kier alpha value is -3.98. The van der Waals surface area contributed by atoms with Gasteiger partial charge in [-0.05, 0) is 37.1 Å². The fourth-order valence-corrected chi connectivity index (χ4v) is 5.12. The summed E-state index contributed by atoms with van der Waals surface area (Å²) < 4.78 is 161. The highest BCUT2D eigenvalue weighted by molar-refractivity contribution is 5.94. The maximum Gasteiger partial charge on any atom is 0.433 e. The normalized spacial score (nSPS) is 13.0. The number of nitrogens with zero attached hydrogens (tertiary/aromatic N) is 2. The van der Waals surface area contributed by atoms with E-state index >= 15 is 0 Å². The molecule has 0 unspecified atom stereocenters. The lowest BCUT2D eigenvalue weighted by atomic mass is 10.1. The Morgan fingerprint density at radius 2 is 0.787 bits per heavy atom. The molecular formula is C31H28F12N4. The molecule has 0 radical (unpaired) electrons. The number of pyridine rings is 2. The van der Waals surface area contributed by atoms with E-state index in [2.05, 4.69) is 20.6 Å². The molecule has 0 saturated carbocycles. The highest BCUT2D eigenvalue weighted by atomic mass is 19.4. The molecule has 4 rings (SSSR count). The van der Waals surface area contributed by atoms with E-state index in [0.29, 0.717) is 49.9 Å². The monoisotopic (exact) mass is 684 g/mol. The van der Waals surface area contributed by atoms with Crippen molar-refractivity contribution in [2.45, 2.75) is 69.7 Å². The van der Waals surface area contributed by atoms with Crippen molar-refractivity contribution >= 4 is 33.2 Å². The molecule has 2 aromatic carbocycles. The number of anilines is 2. The van der Waals surface area contributed by atoms with Gasteiger partial charge in [-0.3, -0.25) is 0 Å². The van der Waals surface area contributed by atoms with E-state index in [4.69, 9.17) is 0 Å². The molecular weight excluding hydrogens is 656 g/mol.